The quantitative estimate of drug-likeness (QED) is 0.698. The molecule has 1 aliphatic rings. The van der Waals surface area contributed by atoms with Gasteiger partial charge in [-0.15, -0.1) is 0 Å². The van der Waals surface area contributed by atoms with Crippen LogP contribution < -0.4 is 5.32 Å². The van der Waals surface area contributed by atoms with Gasteiger partial charge in [0.25, 0.3) is 0 Å². The standard InChI is InChI=1S/C9H12N2OS/c1-6-2-9(13-11-6)7-3-8(12)5-10-4-7/h2-3,8,10,12H,4-5H2,1H3. The lowest BCUT2D eigenvalue weighted by atomic mass is 10.1. The van der Waals surface area contributed by atoms with Crippen molar-refractivity contribution in [3.63, 3.8) is 0 Å². The van der Waals surface area contributed by atoms with Crippen LogP contribution in [-0.2, 0) is 0 Å². The lowest BCUT2D eigenvalue weighted by molar-refractivity contribution is 0.217. The van der Waals surface area contributed by atoms with Crippen molar-refractivity contribution < 1.29 is 5.11 Å². The van der Waals surface area contributed by atoms with E-state index in [-0.39, 0.29) is 6.10 Å². The molecule has 2 rings (SSSR count). The summed E-state index contributed by atoms with van der Waals surface area (Å²) in [7, 11) is 0. The van der Waals surface area contributed by atoms with E-state index < -0.39 is 0 Å². The fourth-order valence-electron chi connectivity index (χ4n) is 1.39. The molecular weight excluding hydrogens is 184 g/mol. The molecule has 1 unspecified atom stereocenters. The summed E-state index contributed by atoms with van der Waals surface area (Å²) >= 11 is 1.49. The third-order valence-electron chi connectivity index (χ3n) is 2.01. The van der Waals surface area contributed by atoms with E-state index in [1.165, 1.54) is 11.5 Å². The summed E-state index contributed by atoms with van der Waals surface area (Å²) in [6, 6.07) is 2.05. The van der Waals surface area contributed by atoms with Gasteiger partial charge in [0.05, 0.1) is 16.7 Å². The summed E-state index contributed by atoms with van der Waals surface area (Å²) in [6.07, 6.45) is 1.55. The predicted octanol–water partition coefficient (Wildman–Crippen LogP) is 0.799. The van der Waals surface area contributed by atoms with Crippen LogP contribution in [0.25, 0.3) is 5.57 Å². The summed E-state index contributed by atoms with van der Waals surface area (Å²) < 4.78 is 4.21. The minimum absolute atomic E-state index is 0.355. The molecule has 1 aliphatic heterocycles. The van der Waals surface area contributed by atoms with E-state index in [4.69, 9.17) is 0 Å². The van der Waals surface area contributed by atoms with Gasteiger partial charge in [-0.3, -0.25) is 0 Å². The largest absolute Gasteiger partial charge is 0.388 e. The van der Waals surface area contributed by atoms with Crippen molar-refractivity contribution in [1.82, 2.24) is 9.69 Å². The Bertz CT molecular complexity index is 332. The zero-order chi connectivity index (χ0) is 9.26. The van der Waals surface area contributed by atoms with Gasteiger partial charge in [-0.1, -0.05) is 0 Å². The molecule has 0 aromatic carbocycles. The maximum atomic E-state index is 9.39. The molecule has 1 atom stereocenters. The van der Waals surface area contributed by atoms with Crippen LogP contribution >= 0.6 is 11.5 Å². The van der Waals surface area contributed by atoms with Crippen LogP contribution in [0.4, 0.5) is 0 Å². The third-order valence-corrected chi connectivity index (χ3v) is 2.96. The second kappa shape index (κ2) is 3.57. The van der Waals surface area contributed by atoms with Crippen molar-refractivity contribution in [1.29, 1.82) is 0 Å². The van der Waals surface area contributed by atoms with Gasteiger partial charge in [0.1, 0.15) is 0 Å². The van der Waals surface area contributed by atoms with Gasteiger partial charge in [0, 0.05) is 13.1 Å². The monoisotopic (exact) mass is 196 g/mol. The molecule has 1 aromatic rings. The lowest BCUT2D eigenvalue weighted by Crippen LogP contribution is -2.31. The Labute approximate surface area is 81.3 Å². The number of aromatic nitrogens is 1. The van der Waals surface area contributed by atoms with E-state index >= 15 is 0 Å². The first-order valence-corrected chi connectivity index (χ1v) is 5.06. The zero-order valence-electron chi connectivity index (χ0n) is 7.45. The summed E-state index contributed by atoms with van der Waals surface area (Å²) in [6.45, 7) is 3.47. The third kappa shape index (κ3) is 1.96. The molecule has 0 amide bonds. The number of hydrogen-bond donors (Lipinski definition) is 2. The Morgan fingerprint density at radius 2 is 2.54 bits per heavy atom. The number of rotatable bonds is 1. The zero-order valence-corrected chi connectivity index (χ0v) is 8.27. The topological polar surface area (TPSA) is 45.1 Å². The highest BCUT2D eigenvalue weighted by Gasteiger charge is 2.12. The number of hydrogen-bond acceptors (Lipinski definition) is 4. The molecule has 70 valence electrons. The van der Waals surface area contributed by atoms with Gasteiger partial charge in [-0.05, 0) is 36.2 Å². The summed E-state index contributed by atoms with van der Waals surface area (Å²) in [4.78, 5) is 1.16. The highest BCUT2D eigenvalue weighted by molar-refractivity contribution is 7.07. The maximum Gasteiger partial charge on any atom is 0.0852 e. The average Bonchev–Trinajstić information content (AvgIpc) is 2.52. The molecule has 2 N–H and O–H groups in total. The molecule has 2 heterocycles. The molecule has 13 heavy (non-hydrogen) atoms. The highest BCUT2D eigenvalue weighted by Crippen LogP contribution is 2.21. The van der Waals surface area contributed by atoms with Gasteiger partial charge in [-0.2, -0.15) is 4.37 Å². The Morgan fingerprint density at radius 1 is 1.69 bits per heavy atom. The first kappa shape index (κ1) is 8.87. The van der Waals surface area contributed by atoms with Crippen molar-refractivity contribution in [2.75, 3.05) is 13.1 Å². The predicted molar refractivity (Wildman–Crippen MR) is 53.7 cm³/mol. The number of β-amino-alcohol motifs (C(OH)–C–C–N with tert-alkyl or cyclic N) is 1. The first-order valence-electron chi connectivity index (χ1n) is 4.29. The van der Waals surface area contributed by atoms with Gasteiger partial charge >= 0.3 is 0 Å². The normalized spacial score (nSPS) is 22.9. The molecule has 0 bridgehead atoms. The van der Waals surface area contributed by atoms with Crippen LogP contribution in [0.5, 0.6) is 0 Å². The number of aliphatic hydroxyl groups excluding tert-OH is 1. The molecule has 0 radical (unpaired) electrons. The number of nitrogens with one attached hydrogen (secondary N) is 1. The van der Waals surface area contributed by atoms with Gasteiger partial charge in [0.2, 0.25) is 0 Å². The number of aliphatic hydroxyl groups is 1. The van der Waals surface area contributed by atoms with Crippen molar-refractivity contribution >= 4 is 17.1 Å². The van der Waals surface area contributed by atoms with Crippen LogP contribution in [0, 0.1) is 6.92 Å². The molecule has 3 nitrogen and oxygen atoms in total. The second-order valence-corrected chi connectivity index (χ2v) is 4.03. The number of aryl methyl sites for hydroxylation is 1. The molecule has 1 aromatic heterocycles. The molecule has 4 heteroatoms. The Balaban J connectivity index is 2.25. The van der Waals surface area contributed by atoms with E-state index in [0.717, 1.165) is 22.7 Å². The molecule has 0 spiro atoms. The summed E-state index contributed by atoms with van der Waals surface area (Å²) in [5.74, 6) is 0. The SMILES string of the molecule is Cc1cc(C2=CC(O)CNC2)sn1. The van der Waals surface area contributed by atoms with E-state index in [9.17, 15) is 5.11 Å². The molecule has 0 aliphatic carbocycles. The van der Waals surface area contributed by atoms with Crippen molar-refractivity contribution in [2.24, 2.45) is 0 Å². The molecule has 0 fully saturated rings. The van der Waals surface area contributed by atoms with Gasteiger partial charge < -0.3 is 10.4 Å². The Kier molecular flexibility index (Phi) is 2.44. The smallest absolute Gasteiger partial charge is 0.0852 e. The van der Waals surface area contributed by atoms with E-state index in [1.807, 2.05) is 13.0 Å². The van der Waals surface area contributed by atoms with Crippen LogP contribution in [-0.4, -0.2) is 28.7 Å². The fourth-order valence-corrected chi connectivity index (χ4v) is 2.16. The Morgan fingerprint density at radius 3 is 3.15 bits per heavy atom. The molecule has 0 saturated carbocycles. The van der Waals surface area contributed by atoms with E-state index in [1.54, 1.807) is 0 Å². The second-order valence-electron chi connectivity index (χ2n) is 3.22. The van der Waals surface area contributed by atoms with Crippen molar-refractivity contribution in [3.8, 4) is 0 Å². The van der Waals surface area contributed by atoms with Crippen molar-refractivity contribution in [3.05, 3.63) is 22.7 Å². The Hall–Kier alpha value is -0.710. The minimum atomic E-state index is -0.355. The fraction of sp³-hybridized carbons (Fsp3) is 0.444. The number of nitrogens with zero attached hydrogens (tertiary/aromatic N) is 1. The molecular formula is C9H12N2OS. The first-order chi connectivity index (χ1) is 6.25. The minimum Gasteiger partial charge on any atom is -0.388 e. The van der Waals surface area contributed by atoms with Crippen LogP contribution in [0.15, 0.2) is 12.1 Å². The average molecular weight is 196 g/mol. The van der Waals surface area contributed by atoms with Crippen LogP contribution in [0.3, 0.4) is 0 Å². The summed E-state index contributed by atoms with van der Waals surface area (Å²) in [5, 5.41) is 12.5. The summed E-state index contributed by atoms with van der Waals surface area (Å²) in [5.41, 5.74) is 2.20. The van der Waals surface area contributed by atoms with Crippen LogP contribution in [0.1, 0.15) is 10.6 Å². The van der Waals surface area contributed by atoms with Gasteiger partial charge in [0.15, 0.2) is 0 Å². The van der Waals surface area contributed by atoms with E-state index in [0.29, 0.717) is 6.54 Å². The van der Waals surface area contributed by atoms with Crippen LogP contribution in [0.2, 0.25) is 0 Å². The molecule has 0 saturated heterocycles. The maximum absolute atomic E-state index is 9.39. The van der Waals surface area contributed by atoms with Crippen molar-refractivity contribution in [2.45, 2.75) is 13.0 Å². The van der Waals surface area contributed by atoms with Gasteiger partial charge in [-0.25, -0.2) is 0 Å². The van der Waals surface area contributed by atoms with E-state index in [2.05, 4.69) is 15.8 Å². The highest BCUT2D eigenvalue weighted by atomic mass is 32.1. The lowest BCUT2D eigenvalue weighted by Gasteiger charge is -2.16.